The SMILES string of the molecule is CCC/C=C(\C)CC(C)C(C)=O. The quantitative estimate of drug-likeness (QED) is 0.575. The lowest BCUT2D eigenvalue weighted by Gasteiger charge is -2.06. The molecule has 0 amide bonds. The molecule has 0 aliphatic heterocycles. The standard InChI is InChI=1S/C11H20O/c1-5-6-7-9(2)8-10(3)11(4)12/h7,10H,5-6,8H2,1-4H3/b9-7+. The minimum Gasteiger partial charge on any atom is -0.300 e. The summed E-state index contributed by atoms with van der Waals surface area (Å²) in [5.74, 6) is 0.484. The zero-order valence-electron chi connectivity index (χ0n) is 8.68. The number of hydrogen-bond acceptors (Lipinski definition) is 1. The van der Waals surface area contributed by atoms with Crippen LogP contribution in [0.15, 0.2) is 11.6 Å². The van der Waals surface area contributed by atoms with E-state index in [0.717, 1.165) is 12.8 Å². The van der Waals surface area contributed by atoms with Crippen LogP contribution in [-0.2, 0) is 4.79 Å². The first-order chi connectivity index (χ1) is 5.57. The normalized spacial score (nSPS) is 14.5. The van der Waals surface area contributed by atoms with Crippen LogP contribution < -0.4 is 0 Å². The number of allylic oxidation sites excluding steroid dienone is 2. The Morgan fingerprint density at radius 2 is 2.00 bits per heavy atom. The molecule has 0 radical (unpaired) electrons. The highest BCUT2D eigenvalue weighted by Gasteiger charge is 2.06. The van der Waals surface area contributed by atoms with E-state index in [-0.39, 0.29) is 5.92 Å². The van der Waals surface area contributed by atoms with Gasteiger partial charge in [0, 0.05) is 5.92 Å². The van der Waals surface area contributed by atoms with Gasteiger partial charge in [-0.15, -0.1) is 0 Å². The lowest BCUT2D eigenvalue weighted by Crippen LogP contribution is -2.06. The van der Waals surface area contributed by atoms with Crippen LogP contribution in [-0.4, -0.2) is 5.78 Å². The fraction of sp³-hybridized carbons (Fsp3) is 0.727. The average Bonchev–Trinajstić information content (AvgIpc) is 2.00. The molecule has 0 saturated heterocycles. The van der Waals surface area contributed by atoms with Gasteiger partial charge >= 0.3 is 0 Å². The molecule has 1 unspecified atom stereocenters. The van der Waals surface area contributed by atoms with Gasteiger partial charge in [-0.1, -0.05) is 31.9 Å². The van der Waals surface area contributed by atoms with Crippen molar-refractivity contribution in [2.24, 2.45) is 5.92 Å². The van der Waals surface area contributed by atoms with Crippen LogP contribution in [0.1, 0.15) is 47.0 Å². The molecule has 0 aromatic carbocycles. The molecule has 0 bridgehead atoms. The first-order valence-electron chi connectivity index (χ1n) is 4.74. The van der Waals surface area contributed by atoms with Crippen molar-refractivity contribution >= 4 is 5.78 Å². The molecule has 0 aromatic heterocycles. The molecule has 1 heteroatoms. The topological polar surface area (TPSA) is 17.1 Å². The van der Waals surface area contributed by atoms with Crippen molar-refractivity contribution in [3.8, 4) is 0 Å². The molecule has 0 N–H and O–H groups in total. The van der Waals surface area contributed by atoms with Gasteiger partial charge in [-0.3, -0.25) is 4.79 Å². The molecule has 0 aliphatic carbocycles. The molecule has 12 heavy (non-hydrogen) atoms. The highest BCUT2D eigenvalue weighted by Crippen LogP contribution is 2.12. The lowest BCUT2D eigenvalue weighted by molar-refractivity contribution is -0.120. The van der Waals surface area contributed by atoms with E-state index in [1.165, 1.54) is 12.0 Å². The van der Waals surface area contributed by atoms with Crippen LogP contribution in [0.3, 0.4) is 0 Å². The number of carbonyl (C=O) groups is 1. The second-order valence-electron chi connectivity index (χ2n) is 3.55. The Labute approximate surface area is 75.9 Å². The van der Waals surface area contributed by atoms with Gasteiger partial charge in [0.1, 0.15) is 5.78 Å². The summed E-state index contributed by atoms with van der Waals surface area (Å²) in [5, 5.41) is 0. The maximum Gasteiger partial charge on any atom is 0.132 e. The van der Waals surface area contributed by atoms with Crippen molar-refractivity contribution in [2.45, 2.75) is 47.0 Å². The summed E-state index contributed by atoms with van der Waals surface area (Å²) in [6, 6.07) is 0. The van der Waals surface area contributed by atoms with Gasteiger partial charge in [-0.05, 0) is 26.7 Å². The Bertz CT molecular complexity index is 168. The lowest BCUT2D eigenvalue weighted by atomic mass is 9.98. The molecule has 0 aliphatic rings. The van der Waals surface area contributed by atoms with E-state index in [4.69, 9.17) is 0 Å². The van der Waals surface area contributed by atoms with E-state index in [2.05, 4.69) is 19.9 Å². The summed E-state index contributed by atoms with van der Waals surface area (Å²) >= 11 is 0. The molecule has 1 atom stereocenters. The Morgan fingerprint density at radius 3 is 2.42 bits per heavy atom. The molecule has 70 valence electrons. The minimum atomic E-state index is 0.193. The Balaban J connectivity index is 3.82. The van der Waals surface area contributed by atoms with Crippen molar-refractivity contribution in [2.75, 3.05) is 0 Å². The molecule has 0 aromatic rings. The number of rotatable bonds is 5. The van der Waals surface area contributed by atoms with Crippen LogP contribution in [0.2, 0.25) is 0 Å². The smallest absolute Gasteiger partial charge is 0.132 e. The summed E-state index contributed by atoms with van der Waals surface area (Å²) in [6.07, 6.45) is 5.48. The van der Waals surface area contributed by atoms with Gasteiger partial charge in [0.2, 0.25) is 0 Å². The van der Waals surface area contributed by atoms with E-state index in [1.807, 2.05) is 6.92 Å². The fourth-order valence-electron chi connectivity index (χ4n) is 1.10. The Kier molecular flexibility index (Phi) is 5.69. The zero-order valence-corrected chi connectivity index (χ0v) is 8.68. The van der Waals surface area contributed by atoms with Gasteiger partial charge in [0.15, 0.2) is 0 Å². The predicted molar refractivity (Wildman–Crippen MR) is 53.1 cm³/mol. The summed E-state index contributed by atoms with van der Waals surface area (Å²) in [6.45, 7) is 7.93. The van der Waals surface area contributed by atoms with Gasteiger partial charge in [-0.2, -0.15) is 0 Å². The molecule has 0 fully saturated rings. The average molecular weight is 168 g/mol. The molecule has 0 saturated carbocycles. The van der Waals surface area contributed by atoms with Crippen molar-refractivity contribution in [3.63, 3.8) is 0 Å². The molecular formula is C11H20O. The summed E-state index contributed by atoms with van der Waals surface area (Å²) < 4.78 is 0. The largest absolute Gasteiger partial charge is 0.300 e. The minimum absolute atomic E-state index is 0.193. The number of Topliss-reactive ketones (excluding diaryl/α,β-unsaturated/α-hetero) is 1. The van der Waals surface area contributed by atoms with E-state index in [0.29, 0.717) is 5.78 Å². The third-order valence-corrected chi connectivity index (χ3v) is 2.10. The van der Waals surface area contributed by atoms with Crippen molar-refractivity contribution in [1.29, 1.82) is 0 Å². The fourth-order valence-corrected chi connectivity index (χ4v) is 1.10. The summed E-state index contributed by atoms with van der Waals surface area (Å²) in [7, 11) is 0. The van der Waals surface area contributed by atoms with Crippen LogP contribution in [0.4, 0.5) is 0 Å². The number of hydrogen-bond donors (Lipinski definition) is 0. The van der Waals surface area contributed by atoms with Crippen LogP contribution in [0.25, 0.3) is 0 Å². The van der Waals surface area contributed by atoms with Crippen LogP contribution >= 0.6 is 0 Å². The maximum atomic E-state index is 10.9. The van der Waals surface area contributed by atoms with Crippen molar-refractivity contribution in [3.05, 3.63) is 11.6 Å². The van der Waals surface area contributed by atoms with E-state index in [1.54, 1.807) is 6.92 Å². The van der Waals surface area contributed by atoms with Gasteiger partial charge in [0.05, 0.1) is 0 Å². The van der Waals surface area contributed by atoms with Gasteiger partial charge < -0.3 is 0 Å². The maximum absolute atomic E-state index is 10.9. The molecule has 0 rings (SSSR count). The molecule has 1 nitrogen and oxygen atoms in total. The Morgan fingerprint density at radius 1 is 1.42 bits per heavy atom. The zero-order chi connectivity index (χ0) is 9.56. The van der Waals surface area contributed by atoms with Crippen molar-refractivity contribution in [1.82, 2.24) is 0 Å². The van der Waals surface area contributed by atoms with Gasteiger partial charge in [-0.25, -0.2) is 0 Å². The number of carbonyl (C=O) groups excluding carboxylic acids is 1. The molecule has 0 heterocycles. The Hall–Kier alpha value is -0.590. The summed E-state index contributed by atoms with van der Waals surface area (Å²) in [5.41, 5.74) is 1.35. The van der Waals surface area contributed by atoms with Crippen molar-refractivity contribution < 1.29 is 4.79 Å². The first-order valence-corrected chi connectivity index (χ1v) is 4.74. The molecular weight excluding hydrogens is 148 g/mol. The van der Waals surface area contributed by atoms with Crippen LogP contribution in [0, 0.1) is 5.92 Å². The van der Waals surface area contributed by atoms with Crippen LogP contribution in [0.5, 0.6) is 0 Å². The van der Waals surface area contributed by atoms with Gasteiger partial charge in [0.25, 0.3) is 0 Å². The monoisotopic (exact) mass is 168 g/mol. The highest BCUT2D eigenvalue weighted by atomic mass is 16.1. The number of ketones is 1. The highest BCUT2D eigenvalue weighted by molar-refractivity contribution is 5.78. The summed E-state index contributed by atoms with van der Waals surface area (Å²) in [4.78, 5) is 10.9. The number of unbranched alkanes of at least 4 members (excludes halogenated alkanes) is 1. The second-order valence-corrected chi connectivity index (χ2v) is 3.55. The third-order valence-electron chi connectivity index (χ3n) is 2.10. The third kappa shape index (κ3) is 5.11. The molecule has 0 spiro atoms. The van der Waals surface area contributed by atoms with E-state index >= 15 is 0 Å². The first kappa shape index (κ1) is 11.4. The van der Waals surface area contributed by atoms with E-state index in [9.17, 15) is 4.79 Å². The van der Waals surface area contributed by atoms with E-state index < -0.39 is 0 Å². The second kappa shape index (κ2) is 5.99. The predicted octanol–water partition coefficient (Wildman–Crippen LogP) is 3.35.